The molecule has 2 aromatic rings. The van der Waals surface area contributed by atoms with Crippen molar-refractivity contribution in [2.75, 3.05) is 19.6 Å². The number of ether oxygens (including phenoxy) is 1. The summed E-state index contributed by atoms with van der Waals surface area (Å²) in [6.45, 7) is 4.36. The van der Waals surface area contributed by atoms with Gasteiger partial charge in [0.15, 0.2) is 0 Å². The van der Waals surface area contributed by atoms with Crippen molar-refractivity contribution in [3.8, 4) is 5.75 Å². The molecule has 0 amide bonds. The quantitative estimate of drug-likeness (QED) is 0.834. The lowest BCUT2D eigenvalue weighted by molar-refractivity contribution is -0.0587. The van der Waals surface area contributed by atoms with E-state index in [0.29, 0.717) is 18.0 Å². The molecule has 2 aromatic carbocycles. The summed E-state index contributed by atoms with van der Waals surface area (Å²) in [5, 5.41) is 21.7. The van der Waals surface area contributed by atoms with E-state index in [-0.39, 0.29) is 5.60 Å². The van der Waals surface area contributed by atoms with Crippen LogP contribution in [0.25, 0.3) is 0 Å². The largest absolute Gasteiger partial charge is 0.487 e. The molecule has 27 heavy (non-hydrogen) atoms. The fraction of sp³-hybridized carbons (Fsp3) is 0.455. The molecule has 0 radical (unpaired) electrons. The van der Waals surface area contributed by atoms with Crippen LogP contribution in [-0.2, 0) is 0 Å². The minimum absolute atomic E-state index is 0.328. The van der Waals surface area contributed by atoms with Crippen molar-refractivity contribution in [3.05, 3.63) is 64.2 Å². The van der Waals surface area contributed by atoms with Crippen LogP contribution in [0, 0.1) is 6.92 Å². The number of hydrogen-bond acceptors (Lipinski definition) is 4. The van der Waals surface area contributed by atoms with Crippen molar-refractivity contribution in [1.82, 2.24) is 4.90 Å². The Hall–Kier alpha value is -1.59. The van der Waals surface area contributed by atoms with Gasteiger partial charge in [0.2, 0.25) is 0 Å². The fourth-order valence-electron chi connectivity index (χ4n) is 4.20. The number of fused-ring (bicyclic) bond motifs is 1. The maximum Gasteiger partial charge on any atom is 0.126 e. The van der Waals surface area contributed by atoms with Crippen LogP contribution in [0.15, 0.2) is 42.5 Å². The average molecular weight is 388 g/mol. The highest BCUT2D eigenvalue weighted by atomic mass is 35.5. The molecule has 2 aliphatic rings. The second-order valence-corrected chi connectivity index (χ2v) is 8.35. The van der Waals surface area contributed by atoms with Crippen LogP contribution in [0.5, 0.6) is 5.75 Å². The molecule has 144 valence electrons. The van der Waals surface area contributed by atoms with Gasteiger partial charge in [0, 0.05) is 36.6 Å². The Morgan fingerprint density at radius 3 is 2.59 bits per heavy atom. The molecule has 0 aliphatic carbocycles. The second-order valence-electron chi connectivity index (χ2n) is 7.91. The summed E-state index contributed by atoms with van der Waals surface area (Å²) in [4.78, 5) is 2.28. The Kier molecular flexibility index (Phi) is 5.17. The van der Waals surface area contributed by atoms with E-state index in [0.717, 1.165) is 42.8 Å². The average Bonchev–Trinajstić information content (AvgIpc) is 2.65. The van der Waals surface area contributed by atoms with Crippen LogP contribution in [0.1, 0.15) is 48.2 Å². The van der Waals surface area contributed by atoms with Gasteiger partial charge in [0.1, 0.15) is 11.4 Å². The number of likely N-dealkylation sites (tertiary alicyclic amines) is 1. The topological polar surface area (TPSA) is 52.9 Å². The van der Waals surface area contributed by atoms with Gasteiger partial charge in [-0.15, -0.1) is 0 Å². The van der Waals surface area contributed by atoms with Gasteiger partial charge in [-0.1, -0.05) is 41.4 Å². The zero-order chi connectivity index (χ0) is 19.0. The van der Waals surface area contributed by atoms with E-state index in [9.17, 15) is 10.2 Å². The van der Waals surface area contributed by atoms with Gasteiger partial charge in [-0.3, -0.25) is 0 Å². The molecule has 0 saturated carbocycles. The lowest BCUT2D eigenvalue weighted by atomic mass is 9.81. The number of aliphatic hydroxyl groups excluding tert-OH is 2. The van der Waals surface area contributed by atoms with Crippen molar-refractivity contribution in [2.45, 2.75) is 44.0 Å². The molecule has 1 fully saturated rings. The first kappa shape index (κ1) is 18.8. The Labute approximate surface area is 165 Å². The van der Waals surface area contributed by atoms with Gasteiger partial charge in [-0.25, -0.2) is 0 Å². The Balaban J connectivity index is 1.39. The van der Waals surface area contributed by atoms with E-state index < -0.39 is 12.2 Å². The SMILES string of the molecule is Cc1ccc([C@@H](O)CN2CCC3(CC2)C[C@H](O)c2cc(Cl)ccc2O3)cc1. The van der Waals surface area contributed by atoms with Crippen LogP contribution >= 0.6 is 11.6 Å². The van der Waals surface area contributed by atoms with Gasteiger partial charge >= 0.3 is 0 Å². The lowest BCUT2D eigenvalue weighted by Crippen LogP contribution is -2.51. The smallest absolute Gasteiger partial charge is 0.126 e. The molecular weight excluding hydrogens is 362 g/mol. The first-order valence-electron chi connectivity index (χ1n) is 9.58. The summed E-state index contributed by atoms with van der Waals surface area (Å²) in [6, 6.07) is 13.5. The number of benzene rings is 2. The molecule has 5 heteroatoms. The summed E-state index contributed by atoms with van der Waals surface area (Å²) in [6.07, 6.45) is 1.24. The van der Waals surface area contributed by atoms with Gasteiger partial charge in [0.25, 0.3) is 0 Å². The molecule has 2 aliphatic heterocycles. The molecular formula is C22H26ClNO3. The van der Waals surface area contributed by atoms with Gasteiger partial charge < -0.3 is 19.8 Å². The number of aliphatic hydroxyl groups is 2. The lowest BCUT2D eigenvalue weighted by Gasteiger charge is -2.46. The first-order chi connectivity index (χ1) is 12.9. The number of halogens is 1. The standard InChI is InChI=1S/C22H26ClNO3/c1-15-2-4-16(5-3-15)20(26)14-24-10-8-22(9-11-24)13-19(25)18-12-17(23)6-7-21(18)27-22/h2-7,12,19-20,25-26H,8-11,13-14H2,1H3/t19-,20-/m0/s1. The van der Waals surface area contributed by atoms with Gasteiger partial charge in [0.05, 0.1) is 12.2 Å². The molecule has 0 bridgehead atoms. The number of aryl methyl sites for hydroxylation is 1. The third kappa shape index (κ3) is 3.99. The van der Waals surface area contributed by atoms with E-state index in [1.807, 2.05) is 37.3 Å². The molecule has 1 spiro atoms. The van der Waals surface area contributed by atoms with Crippen molar-refractivity contribution in [1.29, 1.82) is 0 Å². The Morgan fingerprint density at radius 1 is 1.19 bits per heavy atom. The summed E-state index contributed by atoms with van der Waals surface area (Å²) in [7, 11) is 0. The number of rotatable bonds is 3. The Bertz CT molecular complexity index is 800. The molecule has 2 heterocycles. The zero-order valence-electron chi connectivity index (χ0n) is 15.6. The maximum absolute atomic E-state index is 10.6. The van der Waals surface area contributed by atoms with E-state index in [4.69, 9.17) is 16.3 Å². The van der Waals surface area contributed by atoms with Crippen LogP contribution < -0.4 is 4.74 Å². The number of nitrogens with zero attached hydrogens (tertiary/aromatic N) is 1. The van der Waals surface area contributed by atoms with E-state index >= 15 is 0 Å². The maximum atomic E-state index is 10.6. The van der Waals surface area contributed by atoms with Gasteiger partial charge in [-0.05, 0) is 43.5 Å². The monoisotopic (exact) mass is 387 g/mol. The minimum Gasteiger partial charge on any atom is -0.487 e. The third-order valence-corrected chi connectivity index (χ3v) is 6.12. The number of piperidine rings is 1. The molecule has 4 rings (SSSR count). The van der Waals surface area contributed by atoms with Crippen LogP contribution in [0.2, 0.25) is 5.02 Å². The van der Waals surface area contributed by atoms with Crippen molar-refractivity contribution in [3.63, 3.8) is 0 Å². The highest BCUT2D eigenvalue weighted by Gasteiger charge is 2.43. The minimum atomic E-state index is -0.544. The van der Waals surface area contributed by atoms with Crippen molar-refractivity contribution < 1.29 is 14.9 Å². The normalized spacial score (nSPS) is 22.9. The molecule has 2 N–H and O–H groups in total. The first-order valence-corrected chi connectivity index (χ1v) is 9.95. The van der Waals surface area contributed by atoms with E-state index in [1.54, 1.807) is 12.1 Å². The molecule has 4 nitrogen and oxygen atoms in total. The Morgan fingerprint density at radius 2 is 1.89 bits per heavy atom. The summed E-state index contributed by atoms with van der Waals surface area (Å²) in [5.74, 6) is 0.742. The third-order valence-electron chi connectivity index (χ3n) is 5.88. The van der Waals surface area contributed by atoms with Gasteiger partial charge in [-0.2, -0.15) is 0 Å². The van der Waals surface area contributed by atoms with Crippen LogP contribution in [0.4, 0.5) is 0 Å². The summed E-state index contributed by atoms with van der Waals surface area (Å²) < 4.78 is 6.33. The van der Waals surface area contributed by atoms with Crippen LogP contribution in [0.3, 0.4) is 0 Å². The predicted molar refractivity (Wildman–Crippen MR) is 106 cm³/mol. The second kappa shape index (κ2) is 7.44. The molecule has 2 atom stereocenters. The zero-order valence-corrected chi connectivity index (χ0v) is 16.3. The summed E-state index contributed by atoms with van der Waals surface area (Å²) in [5.41, 5.74) is 2.60. The number of β-amino-alcohol motifs (C(OH)–C–C–N with tert-alkyl or cyclic N) is 1. The van der Waals surface area contributed by atoms with Crippen molar-refractivity contribution >= 4 is 11.6 Å². The van der Waals surface area contributed by atoms with E-state index in [2.05, 4.69) is 4.90 Å². The molecule has 0 aromatic heterocycles. The fourth-order valence-corrected chi connectivity index (χ4v) is 4.38. The highest BCUT2D eigenvalue weighted by molar-refractivity contribution is 6.30. The van der Waals surface area contributed by atoms with Crippen molar-refractivity contribution in [2.24, 2.45) is 0 Å². The highest BCUT2D eigenvalue weighted by Crippen LogP contribution is 2.45. The molecule has 1 saturated heterocycles. The predicted octanol–water partition coefficient (Wildman–Crippen LogP) is 4.03. The number of hydrogen-bond donors (Lipinski definition) is 2. The summed E-state index contributed by atoms with van der Waals surface area (Å²) >= 11 is 6.05. The molecule has 0 unspecified atom stereocenters. The van der Waals surface area contributed by atoms with E-state index in [1.165, 1.54) is 5.56 Å². The van der Waals surface area contributed by atoms with Crippen LogP contribution in [-0.4, -0.2) is 40.3 Å².